The minimum atomic E-state index is -4.12. The molecule has 0 aromatic heterocycles. The van der Waals surface area contributed by atoms with E-state index in [0.717, 1.165) is 5.56 Å². The Hall–Kier alpha value is -3.78. The Kier molecular flexibility index (Phi) is 5.87. The molecular formula is C24H22N2O5S. The SMILES string of the molecule is COc1ccc(OC)c(N/C=C2\C(=O)c3ccccc3N(Cc3ccccc3)S2(=O)=O)c1. The molecule has 3 aromatic carbocycles. The van der Waals surface area contributed by atoms with Crippen molar-refractivity contribution < 1.29 is 22.7 Å². The quantitative estimate of drug-likeness (QED) is 0.567. The van der Waals surface area contributed by atoms with Crippen LogP contribution in [-0.2, 0) is 16.6 Å². The van der Waals surface area contributed by atoms with Crippen LogP contribution in [0.2, 0.25) is 0 Å². The van der Waals surface area contributed by atoms with Gasteiger partial charge in [-0.3, -0.25) is 9.10 Å². The van der Waals surface area contributed by atoms with E-state index in [2.05, 4.69) is 5.32 Å². The number of ether oxygens (including phenoxy) is 2. The van der Waals surface area contributed by atoms with Crippen molar-refractivity contribution in [2.24, 2.45) is 0 Å². The van der Waals surface area contributed by atoms with Crippen LogP contribution in [-0.4, -0.2) is 28.4 Å². The van der Waals surface area contributed by atoms with E-state index in [1.807, 2.05) is 30.3 Å². The van der Waals surface area contributed by atoms with E-state index in [1.165, 1.54) is 24.7 Å². The number of nitrogens with one attached hydrogen (secondary N) is 1. The van der Waals surface area contributed by atoms with Crippen LogP contribution in [0, 0.1) is 0 Å². The number of hydrogen-bond donors (Lipinski definition) is 1. The van der Waals surface area contributed by atoms with Crippen LogP contribution >= 0.6 is 0 Å². The largest absolute Gasteiger partial charge is 0.497 e. The van der Waals surface area contributed by atoms with Crippen molar-refractivity contribution in [1.29, 1.82) is 0 Å². The molecule has 4 rings (SSSR count). The van der Waals surface area contributed by atoms with Gasteiger partial charge >= 0.3 is 0 Å². The average Bonchev–Trinajstić information content (AvgIpc) is 2.82. The predicted molar refractivity (Wildman–Crippen MR) is 124 cm³/mol. The lowest BCUT2D eigenvalue weighted by Gasteiger charge is -2.31. The first-order valence-corrected chi connectivity index (χ1v) is 11.3. The standard InChI is InChI=1S/C24H22N2O5S/c1-30-18-12-13-22(31-2)20(14-18)25-15-23-24(27)19-10-6-7-11-21(19)26(32(23,28)29)16-17-8-4-3-5-9-17/h3-15,25H,16H2,1-2H3/b23-15+. The van der Waals surface area contributed by atoms with Crippen molar-refractivity contribution in [1.82, 2.24) is 0 Å². The Morgan fingerprint density at radius 3 is 2.38 bits per heavy atom. The van der Waals surface area contributed by atoms with Crippen LogP contribution in [0.5, 0.6) is 11.5 Å². The Morgan fingerprint density at radius 1 is 0.938 bits per heavy atom. The topological polar surface area (TPSA) is 84.9 Å². The Bertz CT molecular complexity index is 1290. The van der Waals surface area contributed by atoms with Gasteiger partial charge in [0.2, 0.25) is 5.78 Å². The lowest BCUT2D eigenvalue weighted by atomic mass is 10.1. The lowest BCUT2D eigenvalue weighted by molar-refractivity contribution is 0.104. The van der Waals surface area contributed by atoms with Gasteiger partial charge in [-0.05, 0) is 29.8 Å². The highest BCUT2D eigenvalue weighted by Gasteiger charge is 2.40. The smallest absolute Gasteiger partial charge is 0.270 e. The third-order valence-corrected chi connectivity index (χ3v) is 6.91. The number of allylic oxidation sites excluding steroid dienone is 1. The zero-order chi connectivity index (χ0) is 22.7. The number of hydrogen-bond acceptors (Lipinski definition) is 6. The lowest BCUT2D eigenvalue weighted by Crippen LogP contribution is -2.39. The highest BCUT2D eigenvalue weighted by molar-refractivity contribution is 7.97. The molecular weight excluding hydrogens is 428 g/mol. The fraction of sp³-hybridized carbons (Fsp3) is 0.125. The number of Topliss-reactive ketones (excluding diaryl/α,β-unsaturated/α-hetero) is 1. The number of rotatable bonds is 6. The maximum atomic E-state index is 13.5. The molecule has 164 valence electrons. The Morgan fingerprint density at radius 2 is 1.66 bits per heavy atom. The van der Waals surface area contributed by atoms with Crippen molar-refractivity contribution in [2.75, 3.05) is 23.8 Å². The molecule has 0 radical (unpaired) electrons. The molecule has 8 heteroatoms. The van der Waals surface area contributed by atoms with Crippen LogP contribution in [0.25, 0.3) is 0 Å². The molecule has 3 aromatic rings. The molecule has 0 aliphatic carbocycles. The molecule has 7 nitrogen and oxygen atoms in total. The number of anilines is 2. The van der Waals surface area contributed by atoms with Gasteiger partial charge in [0.05, 0.1) is 32.1 Å². The number of carbonyl (C=O) groups is 1. The number of fused-ring (bicyclic) bond motifs is 1. The Balaban J connectivity index is 1.78. The van der Waals surface area contributed by atoms with Gasteiger partial charge in [0.15, 0.2) is 4.91 Å². The monoisotopic (exact) mass is 450 g/mol. The number of nitrogens with zero attached hydrogens (tertiary/aromatic N) is 1. The first kappa shape index (κ1) is 21.5. The van der Waals surface area contributed by atoms with E-state index >= 15 is 0 Å². The fourth-order valence-corrected chi connectivity index (χ4v) is 5.04. The summed E-state index contributed by atoms with van der Waals surface area (Å²) in [5.74, 6) is 0.463. The molecule has 1 heterocycles. The molecule has 0 amide bonds. The maximum absolute atomic E-state index is 13.5. The highest BCUT2D eigenvalue weighted by Crippen LogP contribution is 2.37. The van der Waals surface area contributed by atoms with Gasteiger partial charge in [0.1, 0.15) is 11.5 Å². The summed E-state index contributed by atoms with van der Waals surface area (Å²) < 4.78 is 38.9. The number of methoxy groups -OCH3 is 2. The average molecular weight is 451 g/mol. The first-order valence-electron chi connectivity index (χ1n) is 9.85. The van der Waals surface area contributed by atoms with Gasteiger partial charge in [-0.1, -0.05) is 42.5 Å². The van der Waals surface area contributed by atoms with E-state index in [0.29, 0.717) is 28.4 Å². The van der Waals surface area contributed by atoms with E-state index in [9.17, 15) is 13.2 Å². The van der Waals surface area contributed by atoms with Crippen LogP contribution in [0.1, 0.15) is 15.9 Å². The zero-order valence-electron chi connectivity index (χ0n) is 17.6. The number of carbonyl (C=O) groups excluding carboxylic acids is 1. The summed E-state index contributed by atoms with van der Waals surface area (Å²) in [5.41, 5.74) is 1.96. The van der Waals surface area contributed by atoms with E-state index < -0.39 is 15.8 Å². The van der Waals surface area contributed by atoms with Gasteiger partial charge in [0.25, 0.3) is 10.0 Å². The summed E-state index contributed by atoms with van der Waals surface area (Å²) in [6.45, 7) is 0.104. The second-order valence-electron chi connectivity index (χ2n) is 7.06. The van der Waals surface area contributed by atoms with Crippen molar-refractivity contribution in [3.8, 4) is 11.5 Å². The minimum absolute atomic E-state index is 0.104. The van der Waals surface area contributed by atoms with Gasteiger partial charge < -0.3 is 14.8 Å². The normalized spacial score (nSPS) is 15.9. The number of para-hydroxylation sites is 1. The van der Waals surface area contributed by atoms with Gasteiger partial charge in [-0.25, -0.2) is 8.42 Å². The third-order valence-electron chi connectivity index (χ3n) is 5.14. The molecule has 32 heavy (non-hydrogen) atoms. The van der Waals surface area contributed by atoms with Crippen LogP contribution < -0.4 is 19.1 Å². The maximum Gasteiger partial charge on any atom is 0.270 e. The number of sulfonamides is 1. The van der Waals surface area contributed by atoms with Crippen LogP contribution in [0.3, 0.4) is 0 Å². The summed E-state index contributed by atoms with van der Waals surface area (Å²) in [4.78, 5) is 12.8. The molecule has 1 N–H and O–H groups in total. The molecule has 0 fully saturated rings. The minimum Gasteiger partial charge on any atom is -0.497 e. The fourth-order valence-electron chi connectivity index (χ4n) is 3.51. The molecule has 1 aliphatic heterocycles. The summed E-state index contributed by atoms with van der Waals surface area (Å²) >= 11 is 0. The molecule has 0 unspecified atom stereocenters. The molecule has 0 atom stereocenters. The molecule has 0 saturated carbocycles. The molecule has 0 saturated heterocycles. The van der Waals surface area contributed by atoms with E-state index in [1.54, 1.807) is 42.5 Å². The van der Waals surface area contributed by atoms with Gasteiger partial charge in [-0.15, -0.1) is 0 Å². The van der Waals surface area contributed by atoms with Crippen molar-refractivity contribution in [3.05, 3.63) is 95.0 Å². The number of ketones is 1. The summed E-state index contributed by atoms with van der Waals surface area (Å²) in [6.07, 6.45) is 1.21. The summed E-state index contributed by atoms with van der Waals surface area (Å²) in [5, 5.41) is 2.92. The zero-order valence-corrected chi connectivity index (χ0v) is 18.4. The highest BCUT2D eigenvalue weighted by atomic mass is 32.2. The van der Waals surface area contributed by atoms with Crippen molar-refractivity contribution in [3.63, 3.8) is 0 Å². The molecule has 0 bridgehead atoms. The van der Waals surface area contributed by atoms with Gasteiger partial charge in [0, 0.05) is 17.8 Å². The first-order chi connectivity index (χ1) is 15.5. The van der Waals surface area contributed by atoms with Crippen molar-refractivity contribution in [2.45, 2.75) is 6.54 Å². The third kappa shape index (κ3) is 3.92. The van der Waals surface area contributed by atoms with Crippen molar-refractivity contribution >= 4 is 27.2 Å². The number of benzene rings is 3. The van der Waals surface area contributed by atoms with Gasteiger partial charge in [-0.2, -0.15) is 0 Å². The predicted octanol–water partition coefficient (Wildman–Crippen LogP) is 4.19. The Labute approximate surface area is 186 Å². The summed E-state index contributed by atoms with van der Waals surface area (Å²) in [6, 6.07) is 21.0. The van der Waals surface area contributed by atoms with Crippen LogP contribution in [0.15, 0.2) is 83.9 Å². The molecule has 1 aliphatic rings. The second kappa shape index (κ2) is 8.76. The van der Waals surface area contributed by atoms with Crippen LogP contribution in [0.4, 0.5) is 11.4 Å². The molecule has 0 spiro atoms. The van der Waals surface area contributed by atoms with E-state index in [-0.39, 0.29) is 11.4 Å². The summed E-state index contributed by atoms with van der Waals surface area (Å²) in [7, 11) is -1.09. The van der Waals surface area contributed by atoms with E-state index in [4.69, 9.17) is 9.47 Å². The second-order valence-corrected chi connectivity index (χ2v) is 8.89.